The number of allylic oxidation sites excluding steroid dienone is 3. The van der Waals surface area contributed by atoms with Crippen LogP contribution in [0, 0.1) is 5.41 Å². The molecule has 0 aliphatic heterocycles. The monoisotopic (exact) mass is 192 g/mol. The number of hydrogen-bond donors (Lipinski definition) is 0. The van der Waals surface area contributed by atoms with E-state index in [-0.39, 0.29) is 5.41 Å². The van der Waals surface area contributed by atoms with Crippen molar-refractivity contribution in [2.24, 2.45) is 15.4 Å². The first kappa shape index (κ1) is 12.8. The molecule has 0 aromatic carbocycles. The highest BCUT2D eigenvalue weighted by atomic mass is 14.7. The molecule has 2 nitrogen and oxygen atoms in total. The molecule has 0 atom stereocenters. The van der Waals surface area contributed by atoms with Gasteiger partial charge in [0, 0.05) is 25.7 Å². The minimum atomic E-state index is 0.0901. The van der Waals surface area contributed by atoms with Gasteiger partial charge in [-0.2, -0.15) is 0 Å². The first-order chi connectivity index (χ1) is 6.52. The Hall–Kier alpha value is -1.18. The molecule has 0 aliphatic carbocycles. The molecule has 0 bridgehead atoms. The molecule has 14 heavy (non-hydrogen) atoms. The summed E-state index contributed by atoms with van der Waals surface area (Å²) in [6, 6.07) is 0. The predicted molar refractivity (Wildman–Crippen MR) is 65.3 cm³/mol. The van der Waals surface area contributed by atoms with E-state index in [1.807, 2.05) is 31.5 Å². The van der Waals surface area contributed by atoms with Gasteiger partial charge in [-0.3, -0.25) is 9.98 Å². The Balaban J connectivity index is 4.66. The molecule has 0 aliphatic rings. The van der Waals surface area contributed by atoms with Crippen molar-refractivity contribution in [3.63, 3.8) is 0 Å². The van der Waals surface area contributed by atoms with Crippen LogP contribution in [0.15, 0.2) is 33.9 Å². The highest BCUT2D eigenvalue weighted by Gasteiger charge is 2.14. The van der Waals surface area contributed by atoms with Crippen LogP contribution in [0.3, 0.4) is 0 Å². The molecule has 0 aromatic rings. The van der Waals surface area contributed by atoms with Gasteiger partial charge < -0.3 is 0 Å². The molecule has 0 rings (SSSR count). The Morgan fingerprint density at radius 3 is 2.29 bits per heavy atom. The van der Waals surface area contributed by atoms with Gasteiger partial charge in [0.05, 0.1) is 0 Å². The minimum Gasteiger partial charge on any atom is -0.296 e. The van der Waals surface area contributed by atoms with Crippen LogP contribution in [0.1, 0.15) is 27.7 Å². The van der Waals surface area contributed by atoms with Crippen LogP contribution in [0.4, 0.5) is 0 Å². The molecule has 0 unspecified atom stereocenters. The lowest BCUT2D eigenvalue weighted by Gasteiger charge is -2.18. The average Bonchev–Trinajstić information content (AvgIpc) is 2.08. The lowest BCUT2D eigenvalue weighted by atomic mass is 9.88. The zero-order chi connectivity index (χ0) is 11.0. The lowest BCUT2D eigenvalue weighted by Crippen LogP contribution is -2.10. The summed E-state index contributed by atoms with van der Waals surface area (Å²) in [6.07, 6.45) is 9.33. The second-order valence-electron chi connectivity index (χ2n) is 4.05. The Morgan fingerprint density at radius 1 is 1.21 bits per heavy atom. The number of hydrogen-bond acceptors (Lipinski definition) is 2. The Morgan fingerprint density at radius 2 is 1.86 bits per heavy atom. The zero-order valence-electron chi connectivity index (χ0n) is 9.78. The van der Waals surface area contributed by atoms with Crippen LogP contribution in [-0.2, 0) is 0 Å². The molecule has 78 valence electrons. The standard InChI is InChI=1S/C12H20N2/c1-6-7-8-14-10-11(9-13-5)12(2,3)4/h6-10H,1-5H3/b7-6-,11-10-,13-9-,14-8-. The van der Waals surface area contributed by atoms with Crippen molar-refractivity contribution in [1.29, 1.82) is 0 Å². The van der Waals surface area contributed by atoms with Crippen molar-refractivity contribution in [2.45, 2.75) is 27.7 Å². The first-order valence-corrected chi connectivity index (χ1v) is 4.79. The maximum Gasteiger partial charge on any atom is 0.0320 e. The van der Waals surface area contributed by atoms with Gasteiger partial charge in [-0.1, -0.05) is 26.8 Å². The first-order valence-electron chi connectivity index (χ1n) is 4.79. The Kier molecular flexibility index (Phi) is 5.77. The molecule has 0 saturated carbocycles. The van der Waals surface area contributed by atoms with Crippen LogP contribution in [0.2, 0.25) is 0 Å². The quantitative estimate of drug-likeness (QED) is 0.613. The highest BCUT2D eigenvalue weighted by molar-refractivity contribution is 5.81. The Bertz CT molecular complexity index is 263. The molecule has 0 amide bonds. The summed E-state index contributed by atoms with van der Waals surface area (Å²) < 4.78 is 0. The smallest absolute Gasteiger partial charge is 0.0320 e. The van der Waals surface area contributed by atoms with E-state index >= 15 is 0 Å². The van der Waals surface area contributed by atoms with Crippen molar-refractivity contribution in [3.05, 3.63) is 23.9 Å². The van der Waals surface area contributed by atoms with E-state index in [9.17, 15) is 0 Å². The van der Waals surface area contributed by atoms with Gasteiger partial charge in [0.1, 0.15) is 0 Å². The molecular weight excluding hydrogens is 172 g/mol. The van der Waals surface area contributed by atoms with Crippen molar-refractivity contribution < 1.29 is 0 Å². The van der Waals surface area contributed by atoms with E-state index in [1.54, 1.807) is 13.3 Å². The van der Waals surface area contributed by atoms with E-state index in [0.717, 1.165) is 5.57 Å². The summed E-state index contributed by atoms with van der Waals surface area (Å²) in [7, 11) is 1.77. The van der Waals surface area contributed by atoms with Crippen LogP contribution < -0.4 is 0 Å². The number of nitrogens with zero attached hydrogens (tertiary/aromatic N) is 2. The summed E-state index contributed by atoms with van der Waals surface area (Å²) in [5, 5.41) is 0. The Labute approximate surface area is 87.2 Å². The van der Waals surface area contributed by atoms with E-state index in [0.29, 0.717) is 0 Å². The van der Waals surface area contributed by atoms with E-state index in [2.05, 4.69) is 30.8 Å². The third kappa shape index (κ3) is 5.46. The highest BCUT2D eigenvalue weighted by Crippen LogP contribution is 2.23. The van der Waals surface area contributed by atoms with Gasteiger partial charge in [-0.15, -0.1) is 0 Å². The van der Waals surface area contributed by atoms with Gasteiger partial charge >= 0.3 is 0 Å². The number of rotatable bonds is 3. The third-order valence-electron chi connectivity index (χ3n) is 1.71. The molecular formula is C12H20N2. The van der Waals surface area contributed by atoms with Crippen molar-refractivity contribution in [2.75, 3.05) is 7.05 Å². The summed E-state index contributed by atoms with van der Waals surface area (Å²) in [5.41, 5.74) is 1.22. The van der Waals surface area contributed by atoms with Crippen molar-refractivity contribution in [3.8, 4) is 0 Å². The molecule has 0 aromatic heterocycles. The zero-order valence-corrected chi connectivity index (χ0v) is 9.78. The molecule has 0 N–H and O–H groups in total. The second-order valence-corrected chi connectivity index (χ2v) is 4.05. The van der Waals surface area contributed by atoms with Gasteiger partial charge in [0.2, 0.25) is 0 Å². The van der Waals surface area contributed by atoms with Crippen LogP contribution in [-0.4, -0.2) is 19.5 Å². The number of aliphatic imine (C=N–C) groups is 2. The maximum atomic E-state index is 4.18. The molecule has 2 heteroatoms. The molecule has 0 radical (unpaired) electrons. The van der Waals surface area contributed by atoms with Crippen LogP contribution in [0.5, 0.6) is 0 Å². The summed E-state index contributed by atoms with van der Waals surface area (Å²) in [5.74, 6) is 0. The third-order valence-corrected chi connectivity index (χ3v) is 1.71. The lowest BCUT2D eigenvalue weighted by molar-refractivity contribution is 0.525. The molecule has 0 spiro atoms. The van der Waals surface area contributed by atoms with Crippen LogP contribution >= 0.6 is 0 Å². The topological polar surface area (TPSA) is 24.7 Å². The van der Waals surface area contributed by atoms with Gasteiger partial charge in [-0.25, -0.2) is 0 Å². The minimum absolute atomic E-state index is 0.0901. The fourth-order valence-corrected chi connectivity index (χ4v) is 0.819. The summed E-state index contributed by atoms with van der Waals surface area (Å²) in [4.78, 5) is 8.20. The molecule has 0 heterocycles. The summed E-state index contributed by atoms with van der Waals surface area (Å²) in [6.45, 7) is 8.40. The van der Waals surface area contributed by atoms with Gasteiger partial charge in [0.15, 0.2) is 0 Å². The van der Waals surface area contributed by atoms with Gasteiger partial charge in [0.25, 0.3) is 0 Å². The SMILES string of the molecule is C\C=C/C=N\C=C(\C=N/C)C(C)(C)C. The van der Waals surface area contributed by atoms with E-state index < -0.39 is 0 Å². The molecule has 0 saturated heterocycles. The van der Waals surface area contributed by atoms with E-state index in [1.165, 1.54) is 0 Å². The van der Waals surface area contributed by atoms with E-state index in [4.69, 9.17) is 0 Å². The fraction of sp³-hybridized carbons (Fsp3) is 0.500. The summed E-state index contributed by atoms with van der Waals surface area (Å²) >= 11 is 0. The van der Waals surface area contributed by atoms with Crippen LogP contribution in [0.25, 0.3) is 0 Å². The average molecular weight is 192 g/mol. The van der Waals surface area contributed by atoms with Gasteiger partial charge in [-0.05, 0) is 24.0 Å². The normalized spacial score (nSPS) is 15.1. The van der Waals surface area contributed by atoms with Crippen molar-refractivity contribution in [1.82, 2.24) is 0 Å². The second kappa shape index (κ2) is 6.30. The molecule has 0 fully saturated rings. The predicted octanol–water partition coefficient (Wildman–Crippen LogP) is 3.26. The maximum absolute atomic E-state index is 4.18. The fourth-order valence-electron chi connectivity index (χ4n) is 0.819. The van der Waals surface area contributed by atoms with Crippen molar-refractivity contribution >= 4 is 12.4 Å². The largest absolute Gasteiger partial charge is 0.296 e.